The maximum atomic E-state index is 3.53. The van der Waals surface area contributed by atoms with Gasteiger partial charge in [0.05, 0.1) is 0 Å². The molecule has 1 nitrogen and oxygen atoms in total. The Balaban J connectivity index is 2.36. The average molecular weight is 332 g/mol. The first-order valence-electron chi connectivity index (χ1n) is 7.24. The van der Waals surface area contributed by atoms with Crippen molar-refractivity contribution in [3.8, 4) is 0 Å². The highest BCUT2D eigenvalue weighted by Gasteiger charge is 2.11. The van der Waals surface area contributed by atoms with Crippen LogP contribution in [0.1, 0.15) is 30.9 Å². The molecule has 0 N–H and O–H groups in total. The van der Waals surface area contributed by atoms with Crippen molar-refractivity contribution in [1.82, 2.24) is 0 Å². The summed E-state index contributed by atoms with van der Waals surface area (Å²) < 4.78 is 0. The number of rotatable bonds is 6. The summed E-state index contributed by atoms with van der Waals surface area (Å²) in [4.78, 5) is 2.43. The van der Waals surface area contributed by atoms with Gasteiger partial charge in [-0.05, 0) is 42.7 Å². The van der Waals surface area contributed by atoms with E-state index < -0.39 is 0 Å². The van der Waals surface area contributed by atoms with E-state index in [0.29, 0.717) is 0 Å². The summed E-state index contributed by atoms with van der Waals surface area (Å²) in [7, 11) is 0. The van der Waals surface area contributed by atoms with Gasteiger partial charge in [-0.15, -0.1) is 0 Å². The molecule has 2 heteroatoms. The fourth-order valence-corrected chi connectivity index (χ4v) is 2.77. The van der Waals surface area contributed by atoms with Crippen molar-refractivity contribution in [3.05, 3.63) is 59.7 Å². The van der Waals surface area contributed by atoms with Crippen LogP contribution >= 0.6 is 15.9 Å². The van der Waals surface area contributed by atoms with E-state index in [0.717, 1.165) is 11.9 Å². The largest absolute Gasteiger partial charge is 0.341 e. The van der Waals surface area contributed by atoms with E-state index >= 15 is 0 Å². The summed E-state index contributed by atoms with van der Waals surface area (Å²) in [5.74, 6) is 0. The Morgan fingerprint density at radius 2 is 1.80 bits per heavy atom. The number of alkyl halides is 1. The van der Waals surface area contributed by atoms with Gasteiger partial charge in [-0.3, -0.25) is 0 Å². The summed E-state index contributed by atoms with van der Waals surface area (Å²) in [6, 6.07) is 17.4. The Morgan fingerprint density at radius 1 is 1.05 bits per heavy atom. The lowest BCUT2D eigenvalue weighted by Gasteiger charge is -2.27. The van der Waals surface area contributed by atoms with Crippen molar-refractivity contribution < 1.29 is 0 Å². The first-order chi connectivity index (χ1) is 9.76. The molecule has 20 heavy (non-hydrogen) atoms. The first-order valence-corrected chi connectivity index (χ1v) is 8.36. The van der Waals surface area contributed by atoms with Crippen LogP contribution in [0.25, 0.3) is 0 Å². The van der Waals surface area contributed by atoms with Gasteiger partial charge < -0.3 is 4.90 Å². The highest BCUT2D eigenvalue weighted by atomic mass is 79.9. The SMILES string of the molecule is CCCCN(c1ccccc1)c1ccc(CBr)cc1C. The van der Waals surface area contributed by atoms with Gasteiger partial charge in [-0.25, -0.2) is 0 Å². The molecule has 0 heterocycles. The maximum absolute atomic E-state index is 3.53. The normalized spacial score (nSPS) is 10.6. The number of nitrogens with zero attached hydrogens (tertiary/aromatic N) is 1. The van der Waals surface area contributed by atoms with E-state index in [2.05, 4.69) is 83.2 Å². The Kier molecular flexibility index (Phi) is 5.66. The molecule has 2 aromatic rings. The standard InChI is InChI=1S/C18H22BrN/c1-3-4-12-20(17-8-6-5-7-9-17)18-11-10-16(14-19)13-15(18)2/h5-11,13H,3-4,12,14H2,1-2H3. The lowest BCUT2D eigenvalue weighted by atomic mass is 10.1. The van der Waals surface area contributed by atoms with Gasteiger partial charge in [-0.2, -0.15) is 0 Å². The van der Waals surface area contributed by atoms with Gasteiger partial charge >= 0.3 is 0 Å². The summed E-state index contributed by atoms with van der Waals surface area (Å²) in [5, 5.41) is 0.911. The van der Waals surface area contributed by atoms with E-state index in [1.54, 1.807) is 0 Å². The Bertz CT molecular complexity index is 536. The third-order valence-corrected chi connectivity index (χ3v) is 4.16. The van der Waals surface area contributed by atoms with Gasteiger partial charge in [0.1, 0.15) is 0 Å². The molecule has 0 aliphatic carbocycles. The third-order valence-electron chi connectivity index (χ3n) is 3.51. The van der Waals surface area contributed by atoms with E-state index in [-0.39, 0.29) is 0 Å². The van der Waals surface area contributed by atoms with Crippen LogP contribution in [0.2, 0.25) is 0 Å². The molecule has 0 aromatic heterocycles. The Labute approximate surface area is 130 Å². The van der Waals surface area contributed by atoms with Gasteiger partial charge in [0.2, 0.25) is 0 Å². The molecule has 106 valence electrons. The van der Waals surface area contributed by atoms with Crippen LogP contribution in [0.15, 0.2) is 48.5 Å². The second-order valence-electron chi connectivity index (χ2n) is 5.10. The predicted octanol–water partition coefficient (Wildman–Crippen LogP) is 5.83. The van der Waals surface area contributed by atoms with Crippen molar-refractivity contribution >= 4 is 27.3 Å². The Hall–Kier alpha value is -1.28. The van der Waals surface area contributed by atoms with E-state index in [1.807, 2.05) is 0 Å². The number of unbranched alkanes of at least 4 members (excludes halogenated alkanes) is 1. The first kappa shape index (κ1) is 15.1. The Morgan fingerprint density at radius 3 is 2.40 bits per heavy atom. The minimum absolute atomic E-state index is 0.911. The van der Waals surface area contributed by atoms with Gasteiger partial charge in [0.25, 0.3) is 0 Å². The van der Waals surface area contributed by atoms with Gasteiger partial charge in [0, 0.05) is 23.2 Å². The highest BCUT2D eigenvalue weighted by Crippen LogP contribution is 2.29. The van der Waals surface area contributed by atoms with Crippen molar-refractivity contribution in [2.75, 3.05) is 11.4 Å². The van der Waals surface area contributed by atoms with Crippen LogP contribution in [0.3, 0.4) is 0 Å². The zero-order valence-electron chi connectivity index (χ0n) is 12.3. The predicted molar refractivity (Wildman–Crippen MR) is 92.2 cm³/mol. The fraction of sp³-hybridized carbons (Fsp3) is 0.333. The maximum Gasteiger partial charge on any atom is 0.0440 e. The molecular weight excluding hydrogens is 310 g/mol. The molecule has 0 amide bonds. The lowest BCUT2D eigenvalue weighted by Crippen LogP contribution is -2.19. The van der Waals surface area contributed by atoms with Crippen LogP contribution in [0.5, 0.6) is 0 Å². The van der Waals surface area contributed by atoms with Gasteiger partial charge in [0.15, 0.2) is 0 Å². The number of benzene rings is 2. The summed E-state index contributed by atoms with van der Waals surface area (Å²) >= 11 is 3.53. The number of hydrogen-bond acceptors (Lipinski definition) is 1. The molecule has 0 aliphatic heterocycles. The topological polar surface area (TPSA) is 3.24 Å². The zero-order valence-corrected chi connectivity index (χ0v) is 13.9. The van der Waals surface area contributed by atoms with Crippen molar-refractivity contribution in [1.29, 1.82) is 0 Å². The quantitative estimate of drug-likeness (QED) is 0.602. The second kappa shape index (κ2) is 7.49. The van der Waals surface area contributed by atoms with Gasteiger partial charge in [-0.1, -0.05) is 59.6 Å². The zero-order chi connectivity index (χ0) is 14.4. The number of para-hydroxylation sites is 1. The van der Waals surface area contributed by atoms with Crippen LogP contribution < -0.4 is 4.90 Å². The molecule has 0 fully saturated rings. The number of halogens is 1. The number of anilines is 2. The van der Waals surface area contributed by atoms with Crippen molar-refractivity contribution in [2.45, 2.75) is 32.0 Å². The van der Waals surface area contributed by atoms with Crippen molar-refractivity contribution in [2.24, 2.45) is 0 Å². The molecule has 0 radical (unpaired) electrons. The second-order valence-corrected chi connectivity index (χ2v) is 5.66. The molecule has 2 rings (SSSR count). The lowest BCUT2D eigenvalue weighted by molar-refractivity contribution is 0.784. The highest BCUT2D eigenvalue weighted by molar-refractivity contribution is 9.08. The number of aryl methyl sites for hydroxylation is 1. The minimum Gasteiger partial charge on any atom is -0.341 e. The summed E-state index contributed by atoms with van der Waals surface area (Å²) in [6.45, 7) is 5.50. The van der Waals surface area contributed by atoms with E-state index in [9.17, 15) is 0 Å². The van der Waals surface area contributed by atoms with Crippen LogP contribution in [-0.2, 0) is 5.33 Å². The molecule has 0 unspecified atom stereocenters. The van der Waals surface area contributed by atoms with Crippen LogP contribution in [-0.4, -0.2) is 6.54 Å². The fourth-order valence-electron chi connectivity index (χ4n) is 2.42. The molecule has 0 aliphatic rings. The molecule has 0 bridgehead atoms. The molecule has 0 atom stereocenters. The van der Waals surface area contributed by atoms with Crippen molar-refractivity contribution in [3.63, 3.8) is 0 Å². The van der Waals surface area contributed by atoms with Crippen LogP contribution in [0, 0.1) is 6.92 Å². The van der Waals surface area contributed by atoms with Crippen LogP contribution in [0.4, 0.5) is 11.4 Å². The monoisotopic (exact) mass is 331 g/mol. The summed E-state index contributed by atoms with van der Waals surface area (Å²) in [5.41, 5.74) is 5.25. The van der Waals surface area contributed by atoms with E-state index in [4.69, 9.17) is 0 Å². The molecule has 0 saturated heterocycles. The number of hydrogen-bond donors (Lipinski definition) is 0. The summed E-state index contributed by atoms with van der Waals surface area (Å²) in [6.07, 6.45) is 2.41. The van der Waals surface area contributed by atoms with E-state index in [1.165, 1.54) is 35.3 Å². The molecular formula is C18H22BrN. The smallest absolute Gasteiger partial charge is 0.0440 e. The molecule has 2 aromatic carbocycles. The molecule has 0 spiro atoms. The minimum atomic E-state index is 0.911. The third kappa shape index (κ3) is 3.63. The average Bonchev–Trinajstić information content (AvgIpc) is 2.50. The molecule has 0 saturated carbocycles.